The minimum absolute atomic E-state index is 0.0136. The summed E-state index contributed by atoms with van der Waals surface area (Å²) in [6.45, 7) is 10.0. The molecule has 0 spiro atoms. The second-order valence-electron chi connectivity index (χ2n) is 5.98. The number of amides is 1. The Labute approximate surface area is 127 Å². The molecule has 6 nitrogen and oxygen atoms in total. The van der Waals surface area contributed by atoms with Gasteiger partial charge in [-0.1, -0.05) is 27.7 Å². The predicted octanol–water partition coefficient (Wildman–Crippen LogP) is 1.18. The third kappa shape index (κ3) is 7.04. The number of rotatable bonds is 8. The van der Waals surface area contributed by atoms with Crippen LogP contribution in [0.15, 0.2) is 12.4 Å². The van der Waals surface area contributed by atoms with Gasteiger partial charge in [-0.3, -0.25) is 4.79 Å². The Balaban J connectivity index is 2.47. The summed E-state index contributed by atoms with van der Waals surface area (Å²) < 4.78 is 0. The molecule has 0 unspecified atom stereocenters. The molecule has 118 valence electrons. The molecule has 2 N–H and O–H groups in total. The smallest absolute Gasteiger partial charge is 0.239 e. The van der Waals surface area contributed by atoms with Crippen molar-refractivity contribution >= 4 is 11.9 Å². The van der Waals surface area contributed by atoms with Gasteiger partial charge in [0, 0.05) is 44.1 Å². The Bertz CT molecular complexity index is 430. The molecule has 0 atom stereocenters. The molecule has 1 heterocycles. The molecule has 0 aliphatic heterocycles. The molecule has 0 saturated heterocycles. The second kappa shape index (κ2) is 8.56. The summed E-state index contributed by atoms with van der Waals surface area (Å²) in [5.41, 5.74) is 1.03. The van der Waals surface area contributed by atoms with Gasteiger partial charge < -0.3 is 15.5 Å². The van der Waals surface area contributed by atoms with E-state index in [2.05, 4.69) is 48.3 Å². The quantitative estimate of drug-likeness (QED) is 0.753. The van der Waals surface area contributed by atoms with Crippen LogP contribution in [-0.2, 0) is 11.3 Å². The molecular weight excluding hydrogens is 266 g/mol. The van der Waals surface area contributed by atoms with E-state index in [0.29, 0.717) is 24.5 Å². The topological polar surface area (TPSA) is 70.2 Å². The van der Waals surface area contributed by atoms with Gasteiger partial charge in [0.05, 0.1) is 6.54 Å². The van der Waals surface area contributed by atoms with Crippen molar-refractivity contribution < 1.29 is 4.79 Å². The number of hydrogen-bond donors (Lipinski definition) is 2. The molecule has 1 aromatic rings. The molecule has 1 aromatic heterocycles. The van der Waals surface area contributed by atoms with Crippen LogP contribution in [0.4, 0.5) is 5.95 Å². The summed E-state index contributed by atoms with van der Waals surface area (Å²) in [4.78, 5) is 22.1. The molecule has 0 radical (unpaired) electrons. The Kier molecular flexibility index (Phi) is 7.08. The summed E-state index contributed by atoms with van der Waals surface area (Å²) >= 11 is 0. The largest absolute Gasteiger partial charge is 0.354 e. The molecular formula is C15H27N5O. The highest BCUT2D eigenvalue weighted by Crippen LogP contribution is 2.05. The van der Waals surface area contributed by atoms with Gasteiger partial charge in [0.25, 0.3) is 0 Å². The van der Waals surface area contributed by atoms with E-state index in [1.54, 1.807) is 17.3 Å². The summed E-state index contributed by atoms with van der Waals surface area (Å²) in [7, 11) is 1.82. The van der Waals surface area contributed by atoms with Crippen molar-refractivity contribution in [1.82, 2.24) is 20.6 Å². The molecule has 21 heavy (non-hydrogen) atoms. The lowest BCUT2D eigenvalue weighted by atomic mass is 10.2. The van der Waals surface area contributed by atoms with Crippen LogP contribution in [-0.4, -0.2) is 42.1 Å². The maximum Gasteiger partial charge on any atom is 0.239 e. The Morgan fingerprint density at radius 3 is 2.38 bits per heavy atom. The standard InChI is InChI=1S/C15H27N5O/c1-11(2)6-17-14(21)10-20(5)15-18-8-13(9-19-15)7-16-12(3)4/h8-9,11-12,16H,6-7,10H2,1-5H3,(H,17,21). The maximum atomic E-state index is 11.8. The second-order valence-corrected chi connectivity index (χ2v) is 5.98. The molecule has 0 aliphatic carbocycles. The molecule has 0 bridgehead atoms. The van der Waals surface area contributed by atoms with Crippen molar-refractivity contribution in [3.05, 3.63) is 18.0 Å². The number of nitrogens with zero attached hydrogens (tertiary/aromatic N) is 3. The zero-order chi connectivity index (χ0) is 15.8. The minimum Gasteiger partial charge on any atom is -0.354 e. The fourth-order valence-electron chi connectivity index (χ4n) is 1.62. The lowest BCUT2D eigenvalue weighted by molar-refractivity contribution is -0.119. The molecule has 1 amide bonds. The van der Waals surface area contributed by atoms with Crippen molar-refractivity contribution in [2.45, 2.75) is 40.3 Å². The van der Waals surface area contributed by atoms with Gasteiger partial charge in [-0.05, 0) is 5.92 Å². The number of anilines is 1. The first-order chi connectivity index (χ1) is 9.88. The predicted molar refractivity (Wildman–Crippen MR) is 85.1 cm³/mol. The van der Waals surface area contributed by atoms with E-state index in [9.17, 15) is 4.79 Å². The Morgan fingerprint density at radius 1 is 1.24 bits per heavy atom. The third-order valence-electron chi connectivity index (χ3n) is 2.84. The highest BCUT2D eigenvalue weighted by Gasteiger charge is 2.10. The first-order valence-electron chi connectivity index (χ1n) is 7.40. The number of carbonyl (C=O) groups excluding carboxylic acids is 1. The summed E-state index contributed by atoms with van der Waals surface area (Å²) in [6, 6.07) is 0.428. The van der Waals surface area contributed by atoms with Crippen molar-refractivity contribution in [2.75, 3.05) is 25.0 Å². The highest BCUT2D eigenvalue weighted by atomic mass is 16.2. The molecule has 1 rings (SSSR count). The summed E-state index contributed by atoms with van der Waals surface area (Å²) in [5.74, 6) is 0.992. The lowest BCUT2D eigenvalue weighted by Crippen LogP contribution is -2.37. The van der Waals surface area contributed by atoms with E-state index in [0.717, 1.165) is 12.1 Å². The first-order valence-corrected chi connectivity index (χ1v) is 7.40. The van der Waals surface area contributed by atoms with Crippen LogP contribution >= 0.6 is 0 Å². The van der Waals surface area contributed by atoms with E-state index < -0.39 is 0 Å². The van der Waals surface area contributed by atoms with E-state index in [4.69, 9.17) is 0 Å². The van der Waals surface area contributed by atoms with Crippen molar-refractivity contribution in [1.29, 1.82) is 0 Å². The fraction of sp³-hybridized carbons (Fsp3) is 0.667. The van der Waals surface area contributed by atoms with Crippen LogP contribution < -0.4 is 15.5 Å². The number of aromatic nitrogens is 2. The van der Waals surface area contributed by atoms with Crippen LogP contribution in [0.5, 0.6) is 0 Å². The number of nitrogens with one attached hydrogen (secondary N) is 2. The normalized spacial score (nSPS) is 11.0. The van der Waals surface area contributed by atoms with Gasteiger partial charge in [0.2, 0.25) is 11.9 Å². The van der Waals surface area contributed by atoms with Crippen LogP contribution in [0.2, 0.25) is 0 Å². The van der Waals surface area contributed by atoms with Crippen LogP contribution in [0.25, 0.3) is 0 Å². The summed E-state index contributed by atoms with van der Waals surface area (Å²) in [6.07, 6.45) is 3.58. The first kappa shape index (κ1) is 17.4. The molecule has 0 aliphatic rings. The van der Waals surface area contributed by atoms with Crippen LogP contribution in [0, 0.1) is 5.92 Å². The van der Waals surface area contributed by atoms with E-state index in [1.807, 2.05) is 7.05 Å². The lowest BCUT2D eigenvalue weighted by Gasteiger charge is -2.17. The van der Waals surface area contributed by atoms with Gasteiger partial charge in [-0.25, -0.2) is 9.97 Å². The zero-order valence-electron chi connectivity index (χ0n) is 13.7. The average molecular weight is 293 g/mol. The molecule has 0 fully saturated rings. The highest BCUT2D eigenvalue weighted by molar-refractivity contribution is 5.80. The van der Waals surface area contributed by atoms with E-state index in [1.165, 1.54) is 0 Å². The van der Waals surface area contributed by atoms with Crippen molar-refractivity contribution in [3.63, 3.8) is 0 Å². The van der Waals surface area contributed by atoms with Gasteiger partial charge in [-0.2, -0.15) is 0 Å². The molecule has 0 aromatic carbocycles. The number of hydrogen-bond acceptors (Lipinski definition) is 5. The minimum atomic E-state index is -0.0136. The van der Waals surface area contributed by atoms with Gasteiger partial charge in [0.1, 0.15) is 0 Å². The fourth-order valence-corrected chi connectivity index (χ4v) is 1.62. The molecule has 6 heteroatoms. The number of carbonyl (C=O) groups is 1. The van der Waals surface area contributed by atoms with Gasteiger partial charge >= 0.3 is 0 Å². The Hall–Kier alpha value is -1.69. The average Bonchev–Trinajstić information content (AvgIpc) is 2.43. The van der Waals surface area contributed by atoms with Crippen LogP contribution in [0.1, 0.15) is 33.3 Å². The van der Waals surface area contributed by atoms with Gasteiger partial charge in [0.15, 0.2) is 0 Å². The van der Waals surface area contributed by atoms with E-state index >= 15 is 0 Å². The Morgan fingerprint density at radius 2 is 1.86 bits per heavy atom. The van der Waals surface area contributed by atoms with E-state index in [-0.39, 0.29) is 12.5 Å². The SMILES string of the molecule is CC(C)CNC(=O)CN(C)c1ncc(CNC(C)C)cn1. The maximum absolute atomic E-state index is 11.8. The van der Waals surface area contributed by atoms with Crippen molar-refractivity contribution in [2.24, 2.45) is 5.92 Å². The monoisotopic (exact) mass is 293 g/mol. The van der Waals surface area contributed by atoms with Crippen LogP contribution in [0.3, 0.4) is 0 Å². The summed E-state index contributed by atoms with van der Waals surface area (Å²) in [5, 5.41) is 6.19. The van der Waals surface area contributed by atoms with Crippen molar-refractivity contribution in [3.8, 4) is 0 Å². The zero-order valence-corrected chi connectivity index (χ0v) is 13.7. The van der Waals surface area contributed by atoms with Gasteiger partial charge in [-0.15, -0.1) is 0 Å². The molecule has 0 saturated carbocycles. The number of likely N-dealkylation sites (N-methyl/N-ethyl adjacent to an activating group) is 1. The third-order valence-corrected chi connectivity index (χ3v) is 2.84.